The van der Waals surface area contributed by atoms with Crippen molar-refractivity contribution in [2.24, 2.45) is 0 Å². The van der Waals surface area contributed by atoms with Gasteiger partial charge in [0.2, 0.25) is 6.54 Å². The summed E-state index contributed by atoms with van der Waals surface area (Å²) in [6, 6.07) is 8.28. The van der Waals surface area contributed by atoms with Crippen LogP contribution in [0.25, 0.3) is 4.85 Å². The molecule has 0 bridgehead atoms. The Morgan fingerprint density at radius 1 is 1.31 bits per heavy atom. The SMILES string of the molecule is [C-]#[N+]CC(C)(C)c1ccccc1C. The predicted molar refractivity (Wildman–Crippen MR) is 55.7 cm³/mol. The van der Waals surface area contributed by atoms with E-state index < -0.39 is 0 Å². The lowest BCUT2D eigenvalue weighted by molar-refractivity contribution is 0.569. The van der Waals surface area contributed by atoms with Crippen LogP contribution in [0.15, 0.2) is 24.3 Å². The quantitative estimate of drug-likeness (QED) is 0.605. The van der Waals surface area contributed by atoms with Crippen molar-refractivity contribution in [3.8, 4) is 0 Å². The highest BCUT2D eigenvalue weighted by Gasteiger charge is 2.25. The van der Waals surface area contributed by atoms with Gasteiger partial charge in [0.15, 0.2) is 0 Å². The molecule has 0 unspecified atom stereocenters. The maximum absolute atomic E-state index is 6.90. The molecule has 0 aliphatic carbocycles. The summed E-state index contributed by atoms with van der Waals surface area (Å²) < 4.78 is 0. The van der Waals surface area contributed by atoms with E-state index in [2.05, 4.69) is 37.7 Å². The van der Waals surface area contributed by atoms with Crippen molar-refractivity contribution in [2.45, 2.75) is 26.2 Å². The van der Waals surface area contributed by atoms with Crippen molar-refractivity contribution in [3.05, 3.63) is 46.8 Å². The van der Waals surface area contributed by atoms with Crippen LogP contribution in [0.3, 0.4) is 0 Å². The lowest BCUT2D eigenvalue weighted by atomic mass is 9.82. The Labute approximate surface area is 80.2 Å². The van der Waals surface area contributed by atoms with Crippen molar-refractivity contribution in [1.82, 2.24) is 0 Å². The van der Waals surface area contributed by atoms with Crippen molar-refractivity contribution >= 4 is 0 Å². The number of hydrogen-bond donors (Lipinski definition) is 0. The molecule has 0 saturated heterocycles. The van der Waals surface area contributed by atoms with E-state index in [1.54, 1.807) is 0 Å². The van der Waals surface area contributed by atoms with Gasteiger partial charge in [0, 0.05) is 0 Å². The monoisotopic (exact) mass is 173 g/mol. The highest BCUT2D eigenvalue weighted by atomic mass is 14.7. The van der Waals surface area contributed by atoms with Gasteiger partial charge in [-0.15, -0.1) is 0 Å². The minimum absolute atomic E-state index is 0.0207. The number of aryl methyl sites for hydroxylation is 1. The summed E-state index contributed by atoms with van der Waals surface area (Å²) in [6.07, 6.45) is 0. The van der Waals surface area contributed by atoms with E-state index in [-0.39, 0.29) is 5.41 Å². The highest BCUT2D eigenvalue weighted by molar-refractivity contribution is 5.33. The van der Waals surface area contributed by atoms with Crippen molar-refractivity contribution in [2.75, 3.05) is 6.54 Å². The van der Waals surface area contributed by atoms with E-state index in [4.69, 9.17) is 6.57 Å². The number of nitrogens with zero attached hydrogens (tertiary/aromatic N) is 1. The third kappa shape index (κ3) is 2.09. The molecule has 0 radical (unpaired) electrons. The van der Waals surface area contributed by atoms with Crippen LogP contribution in [0.1, 0.15) is 25.0 Å². The summed E-state index contributed by atoms with van der Waals surface area (Å²) in [5.74, 6) is 0. The van der Waals surface area contributed by atoms with Gasteiger partial charge in [-0.1, -0.05) is 24.3 Å². The second-order valence-corrected chi connectivity index (χ2v) is 4.02. The van der Waals surface area contributed by atoms with E-state index in [1.165, 1.54) is 11.1 Å². The Morgan fingerprint density at radius 3 is 2.46 bits per heavy atom. The van der Waals surface area contributed by atoms with Crippen molar-refractivity contribution in [1.29, 1.82) is 0 Å². The molecule has 0 spiro atoms. The maximum atomic E-state index is 6.90. The molecule has 0 heterocycles. The zero-order chi connectivity index (χ0) is 9.90. The standard InChI is InChI=1S/C12H15N/c1-10-7-5-6-8-11(10)12(2,3)9-13-4/h5-8H,9H2,1-3H3. The molecule has 0 aliphatic rings. The fourth-order valence-corrected chi connectivity index (χ4v) is 1.62. The molecular weight excluding hydrogens is 158 g/mol. The summed E-state index contributed by atoms with van der Waals surface area (Å²) in [7, 11) is 0. The molecule has 1 nitrogen and oxygen atoms in total. The zero-order valence-corrected chi connectivity index (χ0v) is 8.46. The zero-order valence-electron chi connectivity index (χ0n) is 8.46. The van der Waals surface area contributed by atoms with E-state index in [0.29, 0.717) is 6.54 Å². The second kappa shape index (κ2) is 3.62. The maximum Gasteiger partial charge on any atom is 0.223 e. The molecule has 1 aromatic rings. The third-order valence-corrected chi connectivity index (χ3v) is 2.35. The Kier molecular flexibility index (Phi) is 2.72. The third-order valence-electron chi connectivity index (χ3n) is 2.35. The molecule has 0 atom stereocenters. The summed E-state index contributed by atoms with van der Waals surface area (Å²) in [4.78, 5) is 3.47. The molecular formula is C12H15N. The van der Waals surface area contributed by atoms with Gasteiger partial charge in [0.05, 0.1) is 5.41 Å². The van der Waals surface area contributed by atoms with Gasteiger partial charge in [-0.2, -0.15) is 0 Å². The first kappa shape index (κ1) is 9.80. The summed E-state index contributed by atoms with van der Waals surface area (Å²) in [6.45, 7) is 13.8. The molecule has 0 fully saturated rings. The highest BCUT2D eigenvalue weighted by Crippen LogP contribution is 2.26. The minimum Gasteiger partial charge on any atom is -0.316 e. The smallest absolute Gasteiger partial charge is 0.223 e. The summed E-state index contributed by atoms with van der Waals surface area (Å²) in [5, 5.41) is 0. The van der Waals surface area contributed by atoms with Gasteiger partial charge in [-0.25, -0.2) is 6.57 Å². The molecule has 0 aromatic heterocycles. The summed E-state index contributed by atoms with van der Waals surface area (Å²) in [5.41, 5.74) is 2.54. The average Bonchev–Trinajstić information content (AvgIpc) is 2.04. The normalized spacial score (nSPS) is 10.9. The number of rotatable bonds is 2. The predicted octanol–water partition coefficient (Wildman–Crippen LogP) is 3.19. The van der Waals surface area contributed by atoms with Crippen LogP contribution in [0, 0.1) is 13.5 Å². The second-order valence-electron chi connectivity index (χ2n) is 4.02. The molecule has 1 rings (SSSR count). The van der Waals surface area contributed by atoms with Gasteiger partial charge in [-0.05, 0) is 31.9 Å². The van der Waals surface area contributed by atoms with Crippen molar-refractivity contribution in [3.63, 3.8) is 0 Å². The minimum atomic E-state index is -0.0207. The van der Waals surface area contributed by atoms with Gasteiger partial charge in [0.25, 0.3) is 0 Å². The lowest BCUT2D eigenvalue weighted by Crippen LogP contribution is -2.21. The van der Waals surface area contributed by atoms with Gasteiger partial charge in [-0.3, -0.25) is 0 Å². The van der Waals surface area contributed by atoms with E-state index >= 15 is 0 Å². The Morgan fingerprint density at radius 2 is 1.92 bits per heavy atom. The average molecular weight is 173 g/mol. The first-order chi connectivity index (χ1) is 6.08. The largest absolute Gasteiger partial charge is 0.316 e. The van der Waals surface area contributed by atoms with Crippen LogP contribution in [0.5, 0.6) is 0 Å². The molecule has 0 amide bonds. The summed E-state index contributed by atoms with van der Waals surface area (Å²) >= 11 is 0. The van der Waals surface area contributed by atoms with Crippen LogP contribution in [0.2, 0.25) is 0 Å². The van der Waals surface area contributed by atoms with Gasteiger partial charge < -0.3 is 4.85 Å². The fourth-order valence-electron chi connectivity index (χ4n) is 1.62. The molecule has 13 heavy (non-hydrogen) atoms. The first-order valence-electron chi connectivity index (χ1n) is 4.47. The molecule has 1 aromatic carbocycles. The van der Waals surface area contributed by atoms with Crippen LogP contribution >= 0.6 is 0 Å². The number of benzene rings is 1. The number of hydrogen-bond acceptors (Lipinski definition) is 0. The van der Waals surface area contributed by atoms with Gasteiger partial charge in [0.1, 0.15) is 0 Å². The fraction of sp³-hybridized carbons (Fsp3) is 0.417. The molecule has 0 aliphatic heterocycles. The van der Waals surface area contributed by atoms with Crippen LogP contribution in [0.4, 0.5) is 0 Å². The van der Waals surface area contributed by atoms with E-state index in [0.717, 1.165) is 0 Å². The lowest BCUT2D eigenvalue weighted by Gasteiger charge is -2.20. The molecule has 1 heteroatoms. The Hall–Kier alpha value is -1.29. The molecule has 0 N–H and O–H groups in total. The van der Waals surface area contributed by atoms with Crippen LogP contribution in [-0.2, 0) is 5.41 Å². The van der Waals surface area contributed by atoms with Crippen LogP contribution < -0.4 is 0 Å². The molecule has 68 valence electrons. The molecule has 0 saturated carbocycles. The van der Waals surface area contributed by atoms with E-state index in [9.17, 15) is 0 Å². The topological polar surface area (TPSA) is 4.36 Å². The first-order valence-corrected chi connectivity index (χ1v) is 4.47. The Balaban J connectivity index is 3.08. The van der Waals surface area contributed by atoms with Crippen LogP contribution in [-0.4, -0.2) is 6.54 Å². The Bertz CT molecular complexity index is 331. The van der Waals surface area contributed by atoms with Gasteiger partial charge >= 0.3 is 0 Å². The van der Waals surface area contributed by atoms with E-state index in [1.807, 2.05) is 12.1 Å². The van der Waals surface area contributed by atoms with Crippen molar-refractivity contribution < 1.29 is 0 Å².